The maximum atomic E-state index is 12.9. The predicted molar refractivity (Wildman–Crippen MR) is 79.0 cm³/mol. The number of hydrogen-bond acceptors (Lipinski definition) is 3. The lowest BCUT2D eigenvalue weighted by Crippen LogP contribution is -2.58. The maximum absolute atomic E-state index is 12.9. The summed E-state index contributed by atoms with van der Waals surface area (Å²) in [5.41, 5.74) is 5.28. The minimum Gasteiger partial charge on any atom is -0.392 e. The molecule has 0 aromatic rings. The van der Waals surface area contributed by atoms with Gasteiger partial charge in [-0.3, -0.25) is 9.59 Å². The summed E-state index contributed by atoms with van der Waals surface area (Å²) >= 11 is 5.19. The van der Waals surface area contributed by atoms with E-state index >= 15 is 0 Å². The SMILES string of the molecule is NC(=S)C1(C(=O)N2CCN3C(=O)CCC3C2)CCCC1. The Kier molecular flexibility index (Phi) is 3.44. The van der Waals surface area contributed by atoms with E-state index in [1.807, 2.05) is 9.80 Å². The van der Waals surface area contributed by atoms with Crippen LogP contribution in [-0.2, 0) is 9.59 Å². The summed E-state index contributed by atoms with van der Waals surface area (Å²) in [6.07, 6.45) is 5.09. The van der Waals surface area contributed by atoms with E-state index in [1.165, 1.54) is 0 Å². The van der Waals surface area contributed by atoms with E-state index in [2.05, 4.69) is 0 Å². The van der Waals surface area contributed by atoms with Crippen LogP contribution in [-0.4, -0.2) is 52.3 Å². The number of hydrogen-bond donors (Lipinski definition) is 1. The summed E-state index contributed by atoms with van der Waals surface area (Å²) < 4.78 is 0. The molecule has 1 unspecified atom stereocenters. The van der Waals surface area contributed by atoms with Crippen LogP contribution in [0.5, 0.6) is 0 Å². The number of piperazine rings is 1. The van der Waals surface area contributed by atoms with Crippen molar-refractivity contribution in [3.8, 4) is 0 Å². The van der Waals surface area contributed by atoms with E-state index in [1.54, 1.807) is 0 Å². The third kappa shape index (κ3) is 2.01. The molecule has 0 aromatic heterocycles. The van der Waals surface area contributed by atoms with Gasteiger partial charge in [-0.2, -0.15) is 0 Å². The van der Waals surface area contributed by atoms with E-state index in [-0.39, 0.29) is 17.9 Å². The van der Waals surface area contributed by atoms with Crippen molar-refractivity contribution in [3.05, 3.63) is 0 Å². The molecule has 1 saturated carbocycles. The van der Waals surface area contributed by atoms with E-state index in [0.29, 0.717) is 31.0 Å². The van der Waals surface area contributed by atoms with E-state index in [9.17, 15) is 9.59 Å². The Labute approximate surface area is 124 Å². The van der Waals surface area contributed by atoms with Gasteiger partial charge in [0, 0.05) is 32.1 Å². The van der Waals surface area contributed by atoms with Gasteiger partial charge in [-0.25, -0.2) is 0 Å². The highest BCUT2D eigenvalue weighted by Crippen LogP contribution is 2.40. The third-order valence-corrected chi connectivity index (χ3v) is 5.51. The fourth-order valence-electron chi connectivity index (χ4n) is 3.90. The Morgan fingerprint density at radius 2 is 2.00 bits per heavy atom. The van der Waals surface area contributed by atoms with Crippen molar-refractivity contribution in [1.82, 2.24) is 9.80 Å². The minimum atomic E-state index is -0.611. The molecule has 0 aromatic carbocycles. The van der Waals surface area contributed by atoms with Crippen molar-refractivity contribution in [2.75, 3.05) is 19.6 Å². The highest BCUT2D eigenvalue weighted by Gasteiger charge is 2.48. The molecule has 2 saturated heterocycles. The zero-order chi connectivity index (χ0) is 14.3. The molecule has 0 bridgehead atoms. The molecule has 5 nitrogen and oxygen atoms in total. The van der Waals surface area contributed by atoms with E-state index < -0.39 is 5.41 Å². The monoisotopic (exact) mass is 295 g/mol. The predicted octanol–water partition coefficient (Wildman–Crippen LogP) is 0.666. The van der Waals surface area contributed by atoms with Crippen molar-refractivity contribution in [1.29, 1.82) is 0 Å². The average Bonchev–Trinajstić information content (AvgIpc) is 3.06. The normalized spacial score (nSPS) is 28.6. The van der Waals surface area contributed by atoms with Crippen LogP contribution in [0.2, 0.25) is 0 Å². The molecule has 2 amide bonds. The standard InChI is InChI=1S/C14H21N3O2S/c15-12(20)14(5-1-2-6-14)13(19)16-7-8-17-10(9-16)3-4-11(17)18/h10H,1-9H2,(H2,15,20). The smallest absolute Gasteiger partial charge is 0.235 e. The highest BCUT2D eigenvalue weighted by molar-refractivity contribution is 7.80. The summed E-state index contributed by atoms with van der Waals surface area (Å²) in [6, 6.07) is 0.199. The minimum absolute atomic E-state index is 0.0986. The number of thiocarbonyl (C=S) groups is 1. The summed E-state index contributed by atoms with van der Waals surface area (Å²) in [5, 5.41) is 0. The van der Waals surface area contributed by atoms with Crippen molar-refractivity contribution in [2.45, 2.75) is 44.6 Å². The first-order chi connectivity index (χ1) is 9.54. The van der Waals surface area contributed by atoms with E-state index in [4.69, 9.17) is 18.0 Å². The van der Waals surface area contributed by atoms with Crippen LogP contribution in [0.4, 0.5) is 0 Å². The van der Waals surface area contributed by atoms with Crippen molar-refractivity contribution in [3.63, 3.8) is 0 Å². The van der Waals surface area contributed by atoms with Gasteiger partial charge in [0.15, 0.2) is 0 Å². The molecular weight excluding hydrogens is 274 g/mol. The molecule has 2 heterocycles. The van der Waals surface area contributed by atoms with Crippen molar-refractivity contribution in [2.24, 2.45) is 11.1 Å². The zero-order valence-electron chi connectivity index (χ0n) is 11.6. The second-order valence-electron chi connectivity index (χ2n) is 6.18. The Morgan fingerprint density at radius 3 is 2.65 bits per heavy atom. The Bertz CT molecular complexity index is 459. The second-order valence-corrected chi connectivity index (χ2v) is 6.62. The van der Waals surface area contributed by atoms with Crippen LogP contribution in [0, 0.1) is 5.41 Å². The lowest BCUT2D eigenvalue weighted by molar-refractivity contribution is -0.144. The molecule has 20 heavy (non-hydrogen) atoms. The van der Waals surface area contributed by atoms with Gasteiger partial charge in [0.25, 0.3) is 0 Å². The first-order valence-corrected chi connectivity index (χ1v) is 7.84. The lowest BCUT2D eigenvalue weighted by atomic mass is 9.84. The topological polar surface area (TPSA) is 66.6 Å². The number of carbonyl (C=O) groups is 2. The lowest BCUT2D eigenvalue weighted by Gasteiger charge is -2.41. The molecule has 0 radical (unpaired) electrons. The number of carbonyl (C=O) groups excluding carboxylic acids is 2. The van der Waals surface area contributed by atoms with Crippen LogP contribution in [0.3, 0.4) is 0 Å². The largest absolute Gasteiger partial charge is 0.392 e. The zero-order valence-corrected chi connectivity index (χ0v) is 12.5. The Balaban J connectivity index is 1.75. The number of rotatable bonds is 2. The number of nitrogens with two attached hydrogens (primary N) is 1. The van der Waals surface area contributed by atoms with Gasteiger partial charge >= 0.3 is 0 Å². The van der Waals surface area contributed by atoms with Crippen LogP contribution in [0.25, 0.3) is 0 Å². The van der Waals surface area contributed by atoms with E-state index in [0.717, 1.165) is 32.1 Å². The second kappa shape index (κ2) is 4.98. The molecule has 110 valence electrons. The Hall–Kier alpha value is -1.17. The molecular formula is C14H21N3O2S. The Morgan fingerprint density at radius 1 is 1.30 bits per heavy atom. The molecule has 6 heteroatoms. The van der Waals surface area contributed by atoms with Gasteiger partial charge in [0.05, 0.1) is 10.4 Å². The van der Waals surface area contributed by atoms with Gasteiger partial charge in [0.2, 0.25) is 11.8 Å². The van der Waals surface area contributed by atoms with Gasteiger partial charge in [-0.05, 0) is 19.3 Å². The molecule has 2 aliphatic heterocycles. The van der Waals surface area contributed by atoms with Crippen LogP contribution >= 0.6 is 12.2 Å². The molecule has 1 aliphatic carbocycles. The first kappa shape index (κ1) is 13.8. The van der Waals surface area contributed by atoms with Gasteiger partial charge in [-0.1, -0.05) is 25.1 Å². The summed E-state index contributed by atoms with van der Waals surface area (Å²) in [4.78, 5) is 28.8. The average molecular weight is 295 g/mol. The molecule has 2 N–H and O–H groups in total. The molecule has 0 spiro atoms. The van der Waals surface area contributed by atoms with Crippen molar-refractivity contribution >= 4 is 29.0 Å². The van der Waals surface area contributed by atoms with Crippen LogP contribution in [0.15, 0.2) is 0 Å². The quantitative estimate of drug-likeness (QED) is 0.760. The van der Waals surface area contributed by atoms with Gasteiger partial charge < -0.3 is 15.5 Å². The summed E-state index contributed by atoms with van der Waals surface area (Å²) in [6.45, 7) is 1.92. The summed E-state index contributed by atoms with van der Waals surface area (Å²) in [5.74, 6) is 0.327. The van der Waals surface area contributed by atoms with Crippen LogP contribution < -0.4 is 5.73 Å². The van der Waals surface area contributed by atoms with Crippen LogP contribution in [0.1, 0.15) is 38.5 Å². The number of nitrogens with zero attached hydrogens (tertiary/aromatic N) is 2. The fourth-order valence-corrected chi connectivity index (χ4v) is 4.19. The molecule has 3 rings (SSSR count). The number of amides is 2. The maximum Gasteiger partial charge on any atom is 0.235 e. The molecule has 3 fully saturated rings. The molecule has 3 aliphatic rings. The first-order valence-electron chi connectivity index (χ1n) is 7.43. The van der Waals surface area contributed by atoms with Gasteiger partial charge in [0.1, 0.15) is 0 Å². The number of fused-ring (bicyclic) bond motifs is 1. The fraction of sp³-hybridized carbons (Fsp3) is 0.786. The molecule has 1 atom stereocenters. The summed E-state index contributed by atoms with van der Waals surface area (Å²) in [7, 11) is 0. The third-order valence-electron chi connectivity index (χ3n) is 5.12. The highest BCUT2D eigenvalue weighted by atomic mass is 32.1. The van der Waals surface area contributed by atoms with Gasteiger partial charge in [-0.15, -0.1) is 0 Å². The van der Waals surface area contributed by atoms with Crippen molar-refractivity contribution < 1.29 is 9.59 Å².